The number of rotatable bonds is 3. The summed E-state index contributed by atoms with van der Waals surface area (Å²) >= 11 is 2.70. The van der Waals surface area contributed by atoms with Crippen LogP contribution in [0.4, 0.5) is 18.9 Å². The molecule has 0 unspecified atom stereocenters. The monoisotopic (exact) mass is 396 g/mol. The van der Waals surface area contributed by atoms with E-state index in [4.69, 9.17) is 10.5 Å². The molecule has 116 valence electrons. The Morgan fingerprint density at radius 1 is 1.32 bits per heavy atom. The van der Waals surface area contributed by atoms with E-state index in [9.17, 15) is 26.7 Å². The Hall–Kier alpha value is -2.31. The van der Waals surface area contributed by atoms with Crippen molar-refractivity contribution in [3.05, 3.63) is 16.6 Å². The number of phenols is 1. The van der Waals surface area contributed by atoms with Gasteiger partial charge in [-0.25, -0.2) is 8.42 Å². The molecule has 0 atom stereocenters. The number of phenolic OH excluding ortho intramolecular Hbond substituents is 1. The van der Waals surface area contributed by atoms with Crippen molar-refractivity contribution in [2.45, 2.75) is 10.4 Å². The van der Waals surface area contributed by atoms with Gasteiger partial charge in [-0.05, 0) is 28.1 Å². The number of hydrogen-bond acceptors (Lipinski definition) is 7. The lowest BCUT2D eigenvalue weighted by atomic mass is 10.3. The molecule has 0 bridgehead atoms. The fraction of sp³-hybridized carbons (Fsp3) is 0.100. The van der Waals surface area contributed by atoms with E-state index in [2.05, 4.69) is 21.0 Å². The average molecular weight is 397 g/mol. The number of alkyl halides is 3. The van der Waals surface area contributed by atoms with E-state index in [1.54, 1.807) is 0 Å². The fourth-order valence-corrected chi connectivity index (χ4v) is 2.56. The number of nitrogens with zero attached hydrogens (tertiary/aromatic N) is 3. The summed E-state index contributed by atoms with van der Waals surface area (Å²) in [5.74, 6) is -0.653. The highest BCUT2D eigenvalue weighted by molar-refractivity contribution is 9.10. The largest absolute Gasteiger partial charge is 0.505 e. The van der Waals surface area contributed by atoms with Crippen molar-refractivity contribution in [1.29, 1.82) is 10.5 Å². The zero-order chi connectivity index (χ0) is 17.1. The van der Waals surface area contributed by atoms with E-state index in [0.717, 1.165) is 0 Å². The van der Waals surface area contributed by atoms with Crippen LogP contribution >= 0.6 is 15.9 Å². The average Bonchev–Trinajstić information content (AvgIpc) is 2.42. The molecule has 0 saturated heterocycles. The Morgan fingerprint density at radius 2 is 1.86 bits per heavy atom. The minimum atomic E-state index is -5.65. The van der Waals surface area contributed by atoms with Crippen molar-refractivity contribution in [2.75, 3.05) is 5.43 Å². The van der Waals surface area contributed by atoms with Crippen LogP contribution < -0.4 is 5.43 Å². The smallest absolute Gasteiger partial charge is 0.501 e. The van der Waals surface area contributed by atoms with Gasteiger partial charge in [0.1, 0.15) is 17.8 Å². The lowest BCUT2D eigenvalue weighted by Crippen LogP contribution is -2.23. The van der Waals surface area contributed by atoms with E-state index in [1.807, 2.05) is 5.43 Å². The molecular formula is C10H4BrF3N4O3S. The number of halogens is 4. The van der Waals surface area contributed by atoms with Crippen LogP contribution in [-0.2, 0) is 9.84 Å². The van der Waals surface area contributed by atoms with Crippen LogP contribution in [0.15, 0.2) is 26.6 Å². The maximum atomic E-state index is 12.5. The minimum Gasteiger partial charge on any atom is -0.505 e. The fourth-order valence-electron chi connectivity index (χ4n) is 1.14. The summed E-state index contributed by atoms with van der Waals surface area (Å²) in [7, 11) is -5.65. The molecule has 0 fully saturated rings. The minimum absolute atomic E-state index is 0.356. The van der Waals surface area contributed by atoms with E-state index < -0.39 is 37.4 Å². The van der Waals surface area contributed by atoms with E-state index in [0.29, 0.717) is 12.1 Å². The summed E-state index contributed by atoms with van der Waals surface area (Å²) in [5.41, 5.74) is -4.80. The topological polar surface area (TPSA) is 126 Å². The van der Waals surface area contributed by atoms with Gasteiger partial charge in [0.05, 0.1) is 9.37 Å². The summed E-state index contributed by atoms with van der Waals surface area (Å²) in [6, 6.07) is 3.75. The van der Waals surface area contributed by atoms with Crippen molar-refractivity contribution in [3.8, 4) is 17.9 Å². The Morgan fingerprint density at radius 3 is 2.32 bits per heavy atom. The molecule has 0 aromatic heterocycles. The molecule has 1 rings (SSSR count). The van der Waals surface area contributed by atoms with Gasteiger partial charge in [-0.2, -0.15) is 28.8 Å². The van der Waals surface area contributed by atoms with Crippen molar-refractivity contribution in [2.24, 2.45) is 5.10 Å². The Labute approximate surface area is 130 Å². The standard InChI is InChI=1S/C10H4BrF3N4O3S/c11-7-1-6(22(20,21)10(12,13)14)2-8(9(7)19)18-17-5(3-15)4-16/h1-2,18-19H. The number of hydrogen-bond donors (Lipinski definition) is 2. The molecule has 0 saturated carbocycles. The second-order valence-electron chi connectivity index (χ2n) is 3.55. The molecule has 1 aromatic carbocycles. The van der Waals surface area contributed by atoms with Crippen molar-refractivity contribution in [3.63, 3.8) is 0 Å². The molecule has 0 aliphatic rings. The van der Waals surface area contributed by atoms with Crippen LogP contribution in [0.25, 0.3) is 0 Å². The van der Waals surface area contributed by atoms with Gasteiger partial charge in [-0.15, -0.1) is 0 Å². The molecule has 0 aliphatic carbocycles. The number of benzene rings is 1. The number of nitriles is 2. The molecule has 0 spiro atoms. The highest BCUT2D eigenvalue weighted by Gasteiger charge is 2.47. The first-order chi connectivity index (χ1) is 10.0. The van der Waals surface area contributed by atoms with Crippen LogP contribution in [-0.4, -0.2) is 24.7 Å². The van der Waals surface area contributed by atoms with Crippen molar-refractivity contribution < 1.29 is 26.7 Å². The quantitative estimate of drug-likeness (QED) is 0.458. The highest BCUT2D eigenvalue weighted by Crippen LogP contribution is 2.39. The number of sulfone groups is 1. The van der Waals surface area contributed by atoms with Gasteiger partial charge in [0.2, 0.25) is 5.71 Å². The van der Waals surface area contributed by atoms with Gasteiger partial charge in [0, 0.05) is 0 Å². The predicted molar refractivity (Wildman–Crippen MR) is 71.3 cm³/mol. The molecule has 0 amide bonds. The SMILES string of the molecule is N#CC(C#N)=NNc1cc(S(=O)(=O)C(F)(F)F)cc(Br)c1O. The van der Waals surface area contributed by atoms with Crippen LogP contribution in [0, 0.1) is 22.7 Å². The first kappa shape index (κ1) is 17.7. The molecule has 12 heteroatoms. The molecular weight excluding hydrogens is 393 g/mol. The van der Waals surface area contributed by atoms with E-state index >= 15 is 0 Å². The second kappa shape index (κ2) is 6.21. The molecule has 7 nitrogen and oxygen atoms in total. The zero-order valence-electron chi connectivity index (χ0n) is 10.2. The summed E-state index contributed by atoms with van der Waals surface area (Å²) in [6.07, 6.45) is 0. The number of anilines is 1. The maximum absolute atomic E-state index is 12.5. The van der Waals surface area contributed by atoms with Gasteiger partial charge in [-0.3, -0.25) is 5.43 Å². The first-order valence-corrected chi connectivity index (χ1v) is 7.30. The van der Waals surface area contributed by atoms with Crippen molar-refractivity contribution in [1.82, 2.24) is 0 Å². The third kappa shape index (κ3) is 3.47. The Balaban J connectivity index is 3.44. The van der Waals surface area contributed by atoms with Crippen LogP contribution in [0.5, 0.6) is 5.75 Å². The van der Waals surface area contributed by atoms with Crippen molar-refractivity contribution >= 4 is 37.2 Å². The molecule has 0 radical (unpaired) electrons. The van der Waals surface area contributed by atoms with Gasteiger partial charge < -0.3 is 5.11 Å². The second-order valence-corrected chi connectivity index (χ2v) is 6.34. The van der Waals surface area contributed by atoms with Gasteiger partial charge >= 0.3 is 5.51 Å². The van der Waals surface area contributed by atoms with Gasteiger partial charge in [-0.1, -0.05) is 0 Å². The van der Waals surface area contributed by atoms with Gasteiger partial charge in [0.15, 0.2) is 5.75 Å². The maximum Gasteiger partial charge on any atom is 0.501 e. The van der Waals surface area contributed by atoms with E-state index in [-0.39, 0.29) is 4.47 Å². The first-order valence-electron chi connectivity index (χ1n) is 5.02. The Kier molecular flexibility index (Phi) is 5.01. The molecule has 0 heterocycles. The van der Waals surface area contributed by atoms with Crippen LogP contribution in [0.3, 0.4) is 0 Å². The third-order valence-corrected chi connectivity index (χ3v) is 4.22. The van der Waals surface area contributed by atoms with E-state index in [1.165, 1.54) is 12.1 Å². The van der Waals surface area contributed by atoms with Gasteiger partial charge in [0.25, 0.3) is 9.84 Å². The lowest BCUT2D eigenvalue weighted by molar-refractivity contribution is -0.0436. The Bertz CT molecular complexity index is 806. The normalized spacial score (nSPS) is 11.2. The summed E-state index contributed by atoms with van der Waals surface area (Å²) in [6.45, 7) is 0. The molecule has 0 aliphatic heterocycles. The summed E-state index contributed by atoms with van der Waals surface area (Å²) in [4.78, 5) is -1.15. The highest BCUT2D eigenvalue weighted by atomic mass is 79.9. The van der Waals surface area contributed by atoms with Crippen LogP contribution in [0.1, 0.15) is 0 Å². The molecule has 1 aromatic rings. The number of nitrogens with one attached hydrogen (secondary N) is 1. The lowest BCUT2D eigenvalue weighted by Gasteiger charge is -2.11. The zero-order valence-corrected chi connectivity index (χ0v) is 12.6. The summed E-state index contributed by atoms with van der Waals surface area (Å²) in [5, 5.41) is 29.8. The third-order valence-electron chi connectivity index (χ3n) is 2.15. The number of hydrazone groups is 1. The predicted octanol–water partition coefficient (Wildman–Crippen LogP) is 2.26. The molecule has 2 N–H and O–H groups in total. The van der Waals surface area contributed by atoms with Crippen LogP contribution in [0.2, 0.25) is 0 Å². The number of aromatic hydroxyl groups is 1. The molecule has 22 heavy (non-hydrogen) atoms. The summed E-state index contributed by atoms with van der Waals surface area (Å²) < 4.78 is 59.8.